The molecule has 3 atom stereocenters. The van der Waals surface area contributed by atoms with Gasteiger partial charge in [-0.25, -0.2) is 0 Å². The van der Waals surface area contributed by atoms with E-state index in [9.17, 15) is 0 Å². The van der Waals surface area contributed by atoms with Gasteiger partial charge in [0.2, 0.25) is 0 Å². The molecule has 1 aromatic carbocycles. The molecule has 2 rings (SSSR count). The molecule has 0 heterocycles. The van der Waals surface area contributed by atoms with Crippen molar-refractivity contribution in [2.45, 2.75) is 65.4 Å². The first-order valence-electron chi connectivity index (χ1n) is 8.52. The van der Waals surface area contributed by atoms with Gasteiger partial charge in [-0.05, 0) is 67.8 Å². The van der Waals surface area contributed by atoms with Gasteiger partial charge in [-0.1, -0.05) is 33.3 Å². The summed E-state index contributed by atoms with van der Waals surface area (Å²) in [6.07, 6.45) is 5.22. The van der Waals surface area contributed by atoms with E-state index in [4.69, 9.17) is 10.5 Å². The zero-order valence-electron chi connectivity index (χ0n) is 14.1. The van der Waals surface area contributed by atoms with Crippen LogP contribution in [0.3, 0.4) is 0 Å². The fourth-order valence-corrected chi connectivity index (χ4v) is 3.60. The molecule has 0 bridgehead atoms. The topological polar surface area (TPSA) is 35.2 Å². The van der Waals surface area contributed by atoms with E-state index in [-0.39, 0.29) is 6.10 Å². The van der Waals surface area contributed by atoms with E-state index in [0.29, 0.717) is 11.8 Å². The summed E-state index contributed by atoms with van der Waals surface area (Å²) in [4.78, 5) is 0. The molecule has 2 N–H and O–H groups in total. The van der Waals surface area contributed by atoms with Gasteiger partial charge >= 0.3 is 0 Å². The highest BCUT2D eigenvalue weighted by molar-refractivity contribution is 5.36. The molecule has 0 radical (unpaired) electrons. The van der Waals surface area contributed by atoms with Crippen molar-refractivity contribution in [2.24, 2.45) is 17.6 Å². The van der Waals surface area contributed by atoms with Gasteiger partial charge in [0.15, 0.2) is 0 Å². The predicted octanol–water partition coefficient (Wildman–Crippen LogP) is 4.65. The Balaban J connectivity index is 2.09. The minimum atomic E-state index is 0.290. The van der Waals surface area contributed by atoms with Crippen molar-refractivity contribution < 1.29 is 4.74 Å². The maximum atomic E-state index is 6.33. The molecule has 1 aliphatic carbocycles. The molecule has 2 nitrogen and oxygen atoms in total. The van der Waals surface area contributed by atoms with Gasteiger partial charge in [-0.15, -0.1) is 0 Å². The maximum absolute atomic E-state index is 6.33. The lowest BCUT2D eigenvalue weighted by molar-refractivity contribution is 0.0684. The van der Waals surface area contributed by atoms with Crippen molar-refractivity contribution >= 4 is 0 Å². The lowest BCUT2D eigenvalue weighted by atomic mass is 9.78. The molecule has 1 aromatic rings. The predicted molar refractivity (Wildman–Crippen MR) is 89.9 cm³/mol. The van der Waals surface area contributed by atoms with E-state index < -0.39 is 0 Å². The summed E-state index contributed by atoms with van der Waals surface area (Å²) >= 11 is 0. The van der Waals surface area contributed by atoms with Gasteiger partial charge in [0.05, 0.1) is 0 Å². The quantitative estimate of drug-likeness (QED) is 0.856. The van der Waals surface area contributed by atoms with E-state index in [1.165, 1.54) is 30.4 Å². The maximum Gasteiger partial charge on any atom is 0.120 e. The number of benzene rings is 1. The molecule has 118 valence electrons. The number of hydrogen-bond acceptors (Lipinski definition) is 2. The summed E-state index contributed by atoms with van der Waals surface area (Å²) in [5.74, 6) is 2.89. The van der Waals surface area contributed by atoms with Crippen molar-refractivity contribution in [3.05, 3.63) is 29.3 Å². The summed E-state index contributed by atoms with van der Waals surface area (Å²) in [6.45, 7) is 9.68. The van der Waals surface area contributed by atoms with E-state index in [2.05, 4.69) is 45.9 Å². The molecule has 3 unspecified atom stereocenters. The van der Waals surface area contributed by atoms with E-state index in [1.54, 1.807) is 0 Å². The van der Waals surface area contributed by atoms with Crippen LogP contribution in [-0.2, 0) is 0 Å². The Hall–Kier alpha value is -1.02. The summed E-state index contributed by atoms with van der Waals surface area (Å²) in [5.41, 5.74) is 8.69. The van der Waals surface area contributed by atoms with Crippen LogP contribution in [0.15, 0.2) is 18.2 Å². The number of aryl methyl sites for hydroxylation is 1. The average molecular weight is 289 g/mol. The normalized spacial score (nSPS) is 26.1. The van der Waals surface area contributed by atoms with Gasteiger partial charge in [-0.2, -0.15) is 0 Å². The minimum Gasteiger partial charge on any atom is -0.490 e. The Morgan fingerprint density at radius 3 is 2.62 bits per heavy atom. The van der Waals surface area contributed by atoms with Crippen molar-refractivity contribution in [1.29, 1.82) is 0 Å². The first-order chi connectivity index (χ1) is 10.0. The molecule has 0 saturated heterocycles. The molecule has 1 saturated carbocycles. The van der Waals surface area contributed by atoms with Gasteiger partial charge < -0.3 is 10.5 Å². The molecule has 21 heavy (non-hydrogen) atoms. The Bertz CT molecular complexity index is 455. The number of rotatable bonds is 5. The summed E-state index contributed by atoms with van der Waals surface area (Å²) in [7, 11) is 0. The van der Waals surface area contributed by atoms with Gasteiger partial charge in [0, 0.05) is 5.92 Å². The zero-order valence-corrected chi connectivity index (χ0v) is 14.1. The summed E-state index contributed by atoms with van der Waals surface area (Å²) < 4.78 is 6.33. The number of ether oxygens (including phenoxy) is 1. The fraction of sp³-hybridized carbons (Fsp3) is 0.684. The second kappa shape index (κ2) is 7.31. The molecule has 1 fully saturated rings. The molecule has 0 spiro atoms. The van der Waals surface area contributed by atoms with Crippen LogP contribution in [0.25, 0.3) is 0 Å². The Labute approximate surface area is 130 Å². The van der Waals surface area contributed by atoms with Crippen molar-refractivity contribution in [2.75, 3.05) is 6.54 Å². The second-order valence-corrected chi connectivity index (χ2v) is 6.91. The Morgan fingerprint density at radius 2 is 2.05 bits per heavy atom. The van der Waals surface area contributed by atoms with E-state index in [1.807, 2.05) is 0 Å². The van der Waals surface area contributed by atoms with Crippen LogP contribution in [0, 0.1) is 18.8 Å². The van der Waals surface area contributed by atoms with Crippen molar-refractivity contribution in [3.8, 4) is 5.75 Å². The summed E-state index contributed by atoms with van der Waals surface area (Å²) in [5, 5.41) is 0. The second-order valence-electron chi connectivity index (χ2n) is 6.91. The third-order valence-electron chi connectivity index (χ3n) is 5.07. The first kappa shape index (κ1) is 16.4. The molecular formula is C19H31NO. The smallest absolute Gasteiger partial charge is 0.120 e. The Kier molecular flexibility index (Phi) is 5.69. The van der Waals surface area contributed by atoms with Crippen molar-refractivity contribution in [3.63, 3.8) is 0 Å². The van der Waals surface area contributed by atoms with Crippen LogP contribution in [0.4, 0.5) is 0 Å². The lowest BCUT2D eigenvalue weighted by Gasteiger charge is -2.35. The average Bonchev–Trinajstić information content (AvgIpc) is 2.46. The van der Waals surface area contributed by atoms with Crippen LogP contribution < -0.4 is 10.5 Å². The third kappa shape index (κ3) is 4.00. The van der Waals surface area contributed by atoms with Crippen LogP contribution >= 0.6 is 0 Å². The molecule has 0 aromatic heterocycles. The lowest BCUT2D eigenvalue weighted by Crippen LogP contribution is -2.38. The minimum absolute atomic E-state index is 0.290. The monoisotopic (exact) mass is 289 g/mol. The number of nitrogens with two attached hydrogens (primary N) is 1. The standard InChI is InChI=1S/C19H31NO/c1-5-15-6-7-16(12-20)19(11-15)21-17-8-9-18(13(2)3)14(4)10-17/h8-10,13,15-16,19H,5-7,11-12,20H2,1-4H3. The van der Waals surface area contributed by atoms with Gasteiger partial charge in [0.1, 0.15) is 11.9 Å². The van der Waals surface area contributed by atoms with Crippen LogP contribution in [-0.4, -0.2) is 12.6 Å². The van der Waals surface area contributed by atoms with Crippen molar-refractivity contribution in [1.82, 2.24) is 0 Å². The SMILES string of the molecule is CCC1CCC(CN)C(Oc2ccc(C(C)C)c(C)c2)C1. The first-order valence-corrected chi connectivity index (χ1v) is 8.52. The highest BCUT2D eigenvalue weighted by Crippen LogP contribution is 2.34. The van der Waals surface area contributed by atoms with Crippen LogP contribution in [0.5, 0.6) is 5.75 Å². The molecule has 0 aliphatic heterocycles. The zero-order chi connectivity index (χ0) is 15.4. The van der Waals surface area contributed by atoms with E-state index >= 15 is 0 Å². The third-order valence-corrected chi connectivity index (χ3v) is 5.07. The van der Waals surface area contributed by atoms with E-state index in [0.717, 1.165) is 24.6 Å². The fourth-order valence-electron chi connectivity index (χ4n) is 3.60. The Morgan fingerprint density at radius 1 is 1.29 bits per heavy atom. The van der Waals surface area contributed by atoms with Gasteiger partial charge in [0.25, 0.3) is 0 Å². The largest absolute Gasteiger partial charge is 0.490 e. The summed E-state index contributed by atoms with van der Waals surface area (Å²) in [6, 6.07) is 6.54. The van der Waals surface area contributed by atoms with Crippen LogP contribution in [0.2, 0.25) is 0 Å². The number of hydrogen-bond donors (Lipinski definition) is 1. The highest BCUT2D eigenvalue weighted by atomic mass is 16.5. The molecule has 0 amide bonds. The molecule has 1 aliphatic rings. The van der Waals surface area contributed by atoms with Gasteiger partial charge in [-0.3, -0.25) is 0 Å². The van der Waals surface area contributed by atoms with Crippen LogP contribution in [0.1, 0.15) is 63.5 Å². The molecule has 2 heteroatoms. The highest BCUT2D eigenvalue weighted by Gasteiger charge is 2.30. The molecular weight excluding hydrogens is 258 g/mol.